The van der Waals surface area contributed by atoms with Crippen LogP contribution in [-0.2, 0) is 14.3 Å². The lowest BCUT2D eigenvalue weighted by Gasteiger charge is -2.37. The Labute approximate surface area is 156 Å². The highest BCUT2D eigenvalue weighted by molar-refractivity contribution is 5.92. The molecule has 2 unspecified atom stereocenters. The third-order valence-corrected chi connectivity index (χ3v) is 4.29. The maximum absolute atomic E-state index is 11.5. The van der Waals surface area contributed by atoms with Crippen LogP contribution in [0.5, 0.6) is 0 Å². The number of aliphatic carboxylic acids is 2. The number of hydrogen-bond donors (Lipinski definition) is 2. The van der Waals surface area contributed by atoms with Crippen LogP contribution in [0.3, 0.4) is 0 Å². The number of ether oxygens (including phenoxy) is 1. The van der Waals surface area contributed by atoms with Crippen LogP contribution in [0.1, 0.15) is 27.2 Å². The van der Waals surface area contributed by atoms with E-state index in [-0.39, 0.29) is 11.3 Å². The number of allylic oxidation sites excluding steroid dienone is 2. The van der Waals surface area contributed by atoms with Gasteiger partial charge in [0, 0.05) is 18.7 Å². The Bertz CT molecular complexity index is 755. The third-order valence-electron chi connectivity index (χ3n) is 4.29. The number of nitrogens with zero attached hydrogens (tertiary/aromatic N) is 1. The number of rotatable bonds is 6. The molecule has 0 amide bonds. The lowest BCUT2D eigenvalue weighted by atomic mass is 9.71. The van der Waals surface area contributed by atoms with Gasteiger partial charge in [-0.1, -0.05) is 36.8 Å². The van der Waals surface area contributed by atoms with Crippen molar-refractivity contribution in [3.05, 3.63) is 63.7 Å². The first-order valence-corrected chi connectivity index (χ1v) is 8.32. The molecule has 0 saturated carbocycles. The monoisotopic (exact) mass is 377 g/mol. The maximum atomic E-state index is 11.5. The summed E-state index contributed by atoms with van der Waals surface area (Å²) in [5.74, 6) is -2.23. The van der Waals surface area contributed by atoms with Crippen molar-refractivity contribution in [2.75, 3.05) is 6.61 Å². The SMILES string of the molecule is CCCOC1C(C(=O)O)=CC=C(C)C1(C)C(=O)O.O=[N+]([O-])c1ccccc1. The van der Waals surface area contributed by atoms with Crippen LogP contribution in [0.25, 0.3) is 0 Å². The van der Waals surface area contributed by atoms with Gasteiger partial charge in [0.15, 0.2) is 0 Å². The summed E-state index contributed by atoms with van der Waals surface area (Å²) in [6, 6.07) is 7.93. The van der Waals surface area contributed by atoms with Gasteiger partial charge in [-0.25, -0.2) is 4.79 Å². The van der Waals surface area contributed by atoms with Gasteiger partial charge in [0.05, 0.1) is 10.5 Å². The Hall–Kier alpha value is -3.00. The van der Waals surface area contributed by atoms with Crippen molar-refractivity contribution in [1.29, 1.82) is 0 Å². The van der Waals surface area contributed by atoms with Gasteiger partial charge in [-0.2, -0.15) is 0 Å². The molecule has 0 aliphatic heterocycles. The molecule has 8 nitrogen and oxygen atoms in total. The number of benzene rings is 1. The summed E-state index contributed by atoms with van der Waals surface area (Å²) < 4.78 is 5.48. The Kier molecular flexibility index (Phi) is 7.86. The van der Waals surface area contributed by atoms with E-state index in [0.29, 0.717) is 18.6 Å². The second-order valence-corrected chi connectivity index (χ2v) is 6.13. The summed E-state index contributed by atoms with van der Waals surface area (Å²) in [6.45, 7) is 5.38. The predicted molar refractivity (Wildman–Crippen MR) is 98.3 cm³/mol. The fourth-order valence-corrected chi connectivity index (χ4v) is 2.50. The summed E-state index contributed by atoms with van der Waals surface area (Å²) in [6.07, 6.45) is 2.69. The molecule has 0 aromatic heterocycles. The highest BCUT2D eigenvalue weighted by atomic mass is 16.6. The van der Waals surface area contributed by atoms with Crippen molar-refractivity contribution in [3.8, 4) is 0 Å². The van der Waals surface area contributed by atoms with Crippen molar-refractivity contribution < 1.29 is 29.5 Å². The Morgan fingerprint density at radius 2 is 1.81 bits per heavy atom. The molecule has 1 aromatic rings. The summed E-state index contributed by atoms with van der Waals surface area (Å²) in [5.41, 5.74) is -0.630. The summed E-state index contributed by atoms with van der Waals surface area (Å²) in [4.78, 5) is 32.3. The first kappa shape index (κ1) is 22.0. The number of para-hydroxylation sites is 1. The van der Waals surface area contributed by atoms with E-state index in [4.69, 9.17) is 9.84 Å². The van der Waals surface area contributed by atoms with Gasteiger partial charge in [-0.05, 0) is 26.3 Å². The minimum atomic E-state index is -1.34. The lowest BCUT2D eigenvalue weighted by molar-refractivity contribution is -0.384. The minimum Gasteiger partial charge on any atom is -0.481 e. The standard InChI is InChI=1S/C13H18O5.C6H5NO2/c1-4-7-18-10-9(11(14)15)6-5-8(2)13(10,3)12(16)17;8-7(9)6-4-2-1-3-5-6/h5-6,10H,4,7H2,1-3H3,(H,14,15)(H,16,17);1-5H. The summed E-state index contributed by atoms with van der Waals surface area (Å²) in [5, 5.41) is 28.5. The van der Waals surface area contributed by atoms with E-state index in [1.165, 1.54) is 31.2 Å². The third kappa shape index (κ3) is 5.24. The number of carbonyl (C=O) groups is 2. The predicted octanol–water partition coefficient (Wildman–Crippen LogP) is 3.44. The van der Waals surface area contributed by atoms with Gasteiger partial charge < -0.3 is 14.9 Å². The minimum absolute atomic E-state index is 0.0149. The number of carboxylic acid groups (broad SMARTS) is 2. The van der Waals surface area contributed by atoms with E-state index in [1.54, 1.807) is 25.1 Å². The molecule has 0 fully saturated rings. The molecule has 1 aliphatic rings. The molecule has 0 heterocycles. The van der Waals surface area contributed by atoms with E-state index >= 15 is 0 Å². The molecule has 0 spiro atoms. The zero-order chi connectivity index (χ0) is 20.6. The molecule has 0 bridgehead atoms. The Morgan fingerprint density at radius 3 is 2.22 bits per heavy atom. The number of carboxylic acids is 2. The molecule has 27 heavy (non-hydrogen) atoms. The Morgan fingerprint density at radius 1 is 1.22 bits per heavy atom. The zero-order valence-corrected chi connectivity index (χ0v) is 15.4. The van der Waals surface area contributed by atoms with Crippen LogP contribution in [0.4, 0.5) is 5.69 Å². The van der Waals surface area contributed by atoms with E-state index in [0.717, 1.165) is 0 Å². The van der Waals surface area contributed by atoms with Crippen molar-refractivity contribution in [2.24, 2.45) is 5.41 Å². The van der Waals surface area contributed by atoms with E-state index in [9.17, 15) is 24.8 Å². The van der Waals surface area contributed by atoms with Crippen LogP contribution in [0.2, 0.25) is 0 Å². The normalized spacial score (nSPS) is 21.2. The first-order chi connectivity index (χ1) is 12.7. The van der Waals surface area contributed by atoms with Crippen molar-refractivity contribution in [3.63, 3.8) is 0 Å². The van der Waals surface area contributed by atoms with Crippen molar-refractivity contribution >= 4 is 17.6 Å². The van der Waals surface area contributed by atoms with Crippen LogP contribution >= 0.6 is 0 Å². The maximum Gasteiger partial charge on any atom is 0.334 e. The fraction of sp³-hybridized carbons (Fsp3) is 0.368. The number of hydrogen-bond acceptors (Lipinski definition) is 5. The number of nitro groups is 1. The quantitative estimate of drug-likeness (QED) is 0.574. The average molecular weight is 377 g/mol. The van der Waals surface area contributed by atoms with Crippen LogP contribution < -0.4 is 0 Å². The molecule has 0 saturated heterocycles. The van der Waals surface area contributed by atoms with Gasteiger partial charge in [0.25, 0.3) is 5.69 Å². The van der Waals surface area contributed by atoms with Gasteiger partial charge in [0.1, 0.15) is 11.5 Å². The zero-order valence-electron chi connectivity index (χ0n) is 15.4. The van der Waals surface area contributed by atoms with Gasteiger partial charge in [-0.3, -0.25) is 14.9 Å². The average Bonchev–Trinajstić information content (AvgIpc) is 2.63. The van der Waals surface area contributed by atoms with E-state index in [1.807, 2.05) is 6.92 Å². The Balaban J connectivity index is 0.000000337. The second kappa shape index (κ2) is 9.63. The molecule has 2 rings (SSSR count). The molecule has 1 aromatic carbocycles. The molecular formula is C19H23NO7. The van der Waals surface area contributed by atoms with Crippen LogP contribution in [0, 0.1) is 15.5 Å². The molecule has 0 radical (unpaired) electrons. The van der Waals surface area contributed by atoms with Crippen LogP contribution in [0.15, 0.2) is 53.6 Å². The fourth-order valence-electron chi connectivity index (χ4n) is 2.50. The molecule has 146 valence electrons. The lowest BCUT2D eigenvalue weighted by Crippen LogP contribution is -2.46. The van der Waals surface area contributed by atoms with Crippen molar-refractivity contribution in [2.45, 2.75) is 33.3 Å². The van der Waals surface area contributed by atoms with E-state index < -0.39 is 28.4 Å². The van der Waals surface area contributed by atoms with Crippen molar-refractivity contribution in [1.82, 2.24) is 0 Å². The van der Waals surface area contributed by atoms with Gasteiger partial charge >= 0.3 is 11.9 Å². The highest BCUT2D eigenvalue weighted by Crippen LogP contribution is 2.40. The molecule has 2 N–H and O–H groups in total. The molecular weight excluding hydrogens is 354 g/mol. The highest BCUT2D eigenvalue weighted by Gasteiger charge is 2.48. The summed E-state index contributed by atoms with van der Waals surface area (Å²) >= 11 is 0. The second-order valence-electron chi connectivity index (χ2n) is 6.13. The topological polar surface area (TPSA) is 127 Å². The molecule has 1 aliphatic carbocycles. The smallest absolute Gasteiger partial charge is 0.334 e. The van der Waals surface area contributed by atoms with E-state index in [2.05, 4.69) is 0 Å². The first-order valence-electron chi connectivity index (χ1n) is 8.32. The van der Waals surface area contributed by atoms with Crippen LogP contribution in [-0.4, -0.2) is 39.8 Å². The van der Waals surface area contributed by atoms with Gasteiger partial charge in [-0.15, -0.1) is 0 Å². The number of nitro benzene ring substituents is 1. The number of non-ortho nitro benzene ring substituents is 1. The molecule has 8 heteroatoms. The molecule has 2 atom stereocenters. The van der Waals surface area contributed by atoms with Gasteiger partial charge in [0.2, 0.25) is 0 Å². The largest absolute Gasteiger partial charge is 0.481 e. The summed E-state index contributed by atoms with van der Waals surface area (Å²) in [7, 11) is 0.